The Morgan fingerprint density at radius 1 is 1.12 bits per heavy atom. The Kier molecular flexibility index (Phi) is 4.26. The molecule has 7 heteroatoms. The zero-order valence-electron chi connectivity index (χ0n) is 13.0. The first-order valence-electron chi connectivity index (χ1n) is 7.34. The average Bonchev–Trinajstić information content (AvgIpc) is 3.13. The van der Waals surface area contributed by atoms with Crippen molar-refractivity contribution < 1.29 is 9.59 Å². The molecule has 1 heterocycles. The monoisotopic (exact) mass is 331 g/mol. The highest BCUT2D eigenvalue weighted by Crippen LogP contribution is 2.15. The first kappa shape index (κ1) is 16.0. The van der Waals surface area contributed by atoms with Crippen LogP contribution in [0.2, 0.25) is 0 Å². The van der Waals surface area contributed by atoms with E-state index in [1.807, 2.05) is 6.07 Å². The lowest BCUT2D eigenvalue weighted by Crippen LogP contribution is -2.12. The maximum Gasteiger partial charge on any atom is 0.269 e. The molecule has 2 aromatic carbocycles. The number of carbonyl (C=O) groups is 2. The molecule has 0 aliphatic rings. The Morgan fingerprint density at radius 3 is 2.52 bits per heavy atom. The first-order valence-corrected chi connectivity index (χ1v) is 7.34. The molecule has 0 atom stereocenters. The van der Waals surface area contributed by atoms with E-state index in [1.165, 1.54) is 16.8 Å². The zero-order chi connectivity index (χ0) is 17.8. The van der Waals surface area contributed by atoms with E-state index in [9.17, 15) is 9.59 Å². The third kappa shape index (κ3) is 3.54. The van der Waals surface area contributed by atoms with E-state index >= 15 is 0 Å². The highest BCUT2D eigenvalue weighted by atomic mass is 16.2. The van der Waals surface area contributed by atoms with E-state index in [-0.39, 0.29) is 11.6 Å². The minimum absolute atomic E-state index is 0.176. The lowest BCUT2D eigenvalue weighted by atomic mass is 10.1. The Balaban J connectivity index is 1.74. The third-order valence-electron chi connectivity index (χ3n) is 3.49. The predicted octanol–water partition coefficient (Wildman–Crippen LogP) is 2.10. The molecule has 0 saturated heterocycles. The molecule has 0 fully saturated rings. The van der Waals surface area contributed by atoms with Crippen molar-refractivity contribution in [1.82, 2.24) is 9.78 Å². The van der Waals surface area contributed by atoms with Gasteiger partial charge in [-0.15, -0.1) is 0 Å². The van der Waals surface area contributed by atoms with E-state index in [1.54, 1.807) is 48.7 Å². The van der Waals surface area contributed by atoms with Crippen LogP contribution >= 0.6 is 0 Å². The molecule has 3 aromatic rings. The first-order chi connectivity index (χ1) is 12.1. The number of aromatic nitrogens is 2. The largest absolute Gasteiger partial charge is 0.364 e. The molecule has 3 rings (SSSR count). The number of anilines is 1. The minimum atomic E-state index is -0.595. The van der Waals surface area contributed by atoms with Crippen molar-refractivity contribution in [2.45, 2.75) is 0 Å². The zero-order valence-corrected chi connectivity index (χ0v) is 13.0. The summed E-state index contributed by atoms with van der Waals surface area (Å²) in [7, 11) is 0. The summed E-state index contributed by atoms with van der Waals surface area (Å²) < 4.78 is 1.52. The fourth-order valence-electron chi connectivity index (χ4n) is 2.23. The van der Waals surface area contributed by atoms with Crippen LogP contribution < -0.4 is 11.1 Å². The van der Waals surface area contributed by atoms with Gasteiger partial charge in [-0.05, 0) is 48.5 Å². The van der Waals surface area contributed by atoms with Crippen LogP contribution in [0.3, 0.4) is 0 Å². The fourth-order valence-corrected chi connectivity index (χ4v) is 2.23. The van der Waals surface area contributed by atoms with Gasteiger partial charge in [-0.25, -0.2) is 4.68 Å². The molecule has 122 valence electrons. The molecule has 1 aromatic heterocycles. The van der Waals surface area contributed by atoms with Crippen molar-refractivity contribution in [2.24, 2.45) is 5.73 Å². The summed E-state index contributed by atoms with van der Waals surface area (Å²) in [5.74, 6) is -0.901. The molecule has 0 bridgehead atoms. The summed E-state index contributed by atoms with van der Waals surface area (Å²) in [6.07, 6.45) is 1.63. The fraction of sp³-hybridized carbons (Fsp3) is 0. The second kappa shape index (κ2) is 6.68. The second-order valence-corrected chi connectivity index (χ2v) is 5.20. The molecule has 0 spiro atoms. The normalized spacial score (nSPS) is 10.0. The van der Waals surface area contributed by atoms with Crippen molar-refractivity contribution in [2.75, 3.05) is 5.32 Å². The summed E-state index contributed by atoms with van der Waals surface area (Å²) >= 11 is 0. The lowest BCUT2D eigenvalue weighted by molar-refractivity contribution is 0.0993. The van der Waals surface area contributed by atoms with Gasteiger partial charge in [0.25, 0.3) is 11.8 Å². The number of hydrogen-bond donors (Lipinski definition) is 2. The Morgan fingerprint density at radius 2 is 1.88 bits per heavy atom. The number of primary amides is 1. The van der Waals surface area contributed by atoms with Crippen LogP contribution in [0.4, 0.5) is 5.69 Å². The van der Waals surface area contributed by atoms with Gasteiger partial charge in [-0.2, -0.15) is 10.4 Å². The van der Waals surface area contributed by atoms with Crippen LogP contribution in [0.25, 0.3) is 5.69 Å². The molecule has 0 saturated carbocycles. The van der Waals surface area contributed by atoms with Crippen LogP contribution in [0.15, 0.2) is 60.8 Å². The van der Waals surface area contributed by atoms with Crippen LogP contribution in [0.1, 0.15) is 26.4 Å². The molecule has 0 radical (unpaired) electrons. The quantitative estimate of drug-likeness (QED) is 0.762. The van der Waals surface area contributed by atoms with E-state index in [0.717, 1.165) is 5.69 Å². The summed E-state index contributed by atoms with van der Waals surface area (Å²) in [4.78, 5) is 23.3. The number of nitrogens with one attached hydrogen (secondary N) is 1. The molecular weight excluding hydrogens is 318 g/mol. The van der Waals surface area contributed by atoms with Crippen LogP contribution in [0.5, 0.6) is 0 Å². The number of nitrogens with two attached hydrogens (primary N) is 1. The molecule has 2 amide bonds. The molecule has 7 nitrogen and oxygen atoms in total. The maximum absolute atomic E-state index is 12.2. The van der Waals surface area contributed by atoms with Gasteiger partial charge in [-0.3, -0.25) is 9.59 Å². The average molecular weight is 331 g/mol. The van der Waals surface area contributed by atoms with E-state index < -0.39 is 5.91 Å². The van der Waals surface area contributed by atoms with Crippen LogP contribution in [-0.2, 0) is 0 Å². The van der Waals surface area contributed by atoms with E-state index in [0.29, 0.717) is 16.8 Å². The Hall–Kier alpha value is -3.92. The molecule has 0 unspecified atom stereocenters. The Bertz CT molecular complexity index is 983. The van der Waals surface area contributed by atoms with Gasteiger partial charge in [-0.1, -0.05) is 6.07 Å². The van der Waals surface area contributed by atoms with Crippen molar-refractivity contribution >= 4 is 17.5 Å². The van der Waals surface area contributed by atoms with Crippen molar-refractivity contribution in [3.63, 3.8) is 0 Å². The van der Waals surface area contributed by atoms with Gasteiger partial charge < -0.3 is 11.1 Å². The number of nitrogens with zero attached hydrogens (tertiary/aromatic N) is 3. The molecule has 25 heavy (non-hydrogen) atoms. The predicted molar refractivity (Wildman–Crippen MR) is 91.2 cm³/mol. The third-order valence-corrected chi connectivity index (χ3v) is 3.49. The number of benzene rings is 2. The summed E-state index contributed by atoms with van der Waals surface area (Å²) in [5, 5.41) is 15.7. The van der Waals surface area contributed by atoms with Gasteiger partial charge in [0.15, 0.2) is 0 Å². The van der Waals surface area contributed by atoms with Gasteiger partial charge in [0.1, 0.15) is 5.69 Å². The van der Waals surface area contributed by atoms with Gasteiger partial charge in [0.05, 0.1) is 17.3 Å². The van der Waals surface area contributed by atoms with E-state index in [4.69, 9.17) is 11.0 Å². The highest BCUT2D eigenvalue weighted by molar-refractivity contribution is 6.04. The van der Waals surface area contributed by atoms with Crippen molar-refractivity contribution in [3.05, 3.63) is 77.6 Å². The molecule has 3 N–H and O–H groups in total. The van der Waals surface area contributed by atoms with E-state index in [2.05, 4.69) is 10.4 Å². The molecule has 0 aliphatic heterocycles. The Labute approximate surface area is 143 Å². The van der Waals surface area contributed by atoms with Crippen LogP contribution in [-0.4, -0.2) is 21.6 Å². The number of rotatable bonds is 4. The molecule has 0 aliphatic carbocycles. The number of hydrogen-bond acceptors (Lipinski definition) is 4. The standard InChI is InChI=1S/C18H13N5O2/c19-11-12-2-1-3-13(10-12)18(25)21-14-4-6-15(7-5-14)23-9-8-16(22-23)17(20)24/h1-10H,(H2,20,24)(H,21,25). The summed E-state index contributed by atoms with van der Waals surface area (Å²) in [5.41, 5.74) is 7.50. The summed E-state index contributed by atoms with van der Waals surface area (Å²) in [6, 6.07) is 16.9. The van der Waals surface area contributed by atoms with Gasteiger partial charge >= 0.3 is 0 Å². The lowest BCUT2D eigenvalue weighted by Gasteiger charge is -2.07. The highest BCUT2D eigenvalue weighted by Gasteiger charge is 2.08. The van der Waals surface area contributed by atoms with Gasteiger partial charge in [0.2, 0.25) is 0 Å². The molecular formula is C18H13N5O2. The van der Waals surface area contributed by atoms with Gasteiger partial charge in [0, 0.05) is 17.4 Å². The SMILES string of the molecule is N#Cc1cccc(C(=O)Nc2ccc(-n3ccc(C(N)=O)n3)cc2)c1. The summed E-state index contributed by atoms with van der Waals surface area (Å²) in [6.45, 7) is 0. The number of carbonyl (C=O) groups excluding carboxylic acids is 2. The number of amides is 2. The minimum Gasteiger partial charge on any atom is -0.364 e. The van der Waals surface area contributed by atoms with Crippen molar-refractivity contribution in [3.8, 4) is 11.8 Å². The second-order valence-electron chi connectivity index (χ2n) is 5.20. The smallest absolute Gasteiger partial charge is 0.269 e. The topological polar surface area (TPSA) is 114 Å². The van der Waals surface area contributed by atoms with Crippen molar-refractivity contribution in [1.29, 1.82) is 5.26 Å². The van der Waals surface area contributed by atoms with Crippen LogP contribution in [0, 0.1) is 11.3 Å². The number of nitriles is 1. The maximum atomic E-state index is 12.2.